The molecule has 74 heavy (non-hydrogen) atoms. The van der Waals surface area contributed by atoms with Gasteiger partial charge in [-0.05, 0) is 96.3 Å². The van der Waals surface area contributed by atoms with E-state index in [2.05, 4.69) is 69.4 Å². The molecule has 0 aliphatic carbocycles. The van der Waals surface area contributed by atoms with E-state index >= 15 is 0 Å². The van der Waals surface area contributed by atoms with Gasteiger partial charge in [0.25, 0.3) is 0 Å². The van der Waals surface area contributed by atoms with E-state index in [1.165, 1.54) is 225 Å². The molecule has 0 aromatic rings. The minimum absolute atomic E-state index is 0.0756. The minimum Gasteiger partial charge on any atom is -0.462 e. The number of rotatable bonds is 60. The van der Waals surface area contributed by atoms with Gasteiger partial charge < -0.3 is 14.2 Å². The Hall–Kier alpha value is -2.63. The van der Waals surface area contributed by atoms with Crippen LogP contribution < -0.4 is 0 Å². The van der Waals surface area contributed by atoms with Crippen molar-refractivity contribution in [3.05, 3.63) is 48.6 Å². The molecule has 6 nitrogen and oxygen atoms in total. The topological polar surface area (TPSA) is 78.9 Å². The number of unbranched alkanes of at least 4 members (excludes halogenated alkanes) is 41. The summed E-state index contributed by atoms with van der Waals surface area (Å²) in [4.78, 5) is 38.1. The Balaban J connectivity index is 4.08. The average Bonchev–Trinajstić information content (AvgIpc) is 3.40. The molecule has 0 aromatic heterocycles. The van der Waals surface area contributed by atoms with Crippen LogP contribution in [0.5, 0.6) is 0 Å². The van der Waals surface area contributed by atoms with Gasteiger partial charge in [0, 0.05) is 19.3 Å². The first kappa shape index (κ1) is 71.4. The van der Waals surface area contributed by atoms with Gasteiger partial charge in [-0.1, -0.05) is 281 Å². The molecule has 0 N–H and O–H groups in total. The molecule has 0 aliphatic rings. The Labute approximate surface area is 460 Å². The van der Waals surface area contributed by atoms with E-state index in [1.54, 1.807) is 0 Å². The molecule has 1 atom stereocenters. The number of hydrogen-bond acceptors (Lipinski definition) is 6. The van der Waals surface area contributed by atoms with Crippen molar-refractivity contribution in [1.82, 2.24) is 0 Å². The highest BCUT2D eigenvalue weighted by atomic mass is 16.6. The normalized spacial score (nSPS) is 12.3. The number of ether oxygens (including phenoxy) is 3. The summed E-state index contributed by atoms with van der Waals surface area (Å²) >= 11 is 0. The van der Waals surface area contributed by atoms with Crippen molar-refractivity contribution in [3.8, 4) is 0 Å². The van der Waals surface area contributed by atoms with Crippen molar-refractivity contribution in [2.75, 3.05) is 13.2 Å². The van der Waals surface area contributed by atoms with E-state index in [1.807, 2.05) is 0 Å². The van der Waals surface area contributed by atoms with Crippen LogP contribution in [0, 0.1) is 0 Å². The summed E-state index contributed by atoms with van der Waals surface area (Å²) in [7, 11) is 0. The summed E-state index contributed by atoms with van der Waals surface area (Å²) in [6, 6.07) is 0. The zero-order chi connectivity index (χ0) is 53.6. The molecule has 0 fully saturated rings. The van der Waals surface area contributed by atoms with Crippen molar-refractivity contribution >= 4 is 17.9 Å². The summed E-state index contributed by atoms with van der Waals surface area (Å²) in [5.41, 5.74) is 0. The lowest BCUT2D eigenvalue weighted by molar-refractivity contribution is -0.167. The fraction of sp³-hybridized carbons (Fsp3) is 0.838. The van der Waals surface area contributed by atoms with Crippen molar-refractivity contribution < 1.29 is 28.6 Å². The molecule has 0 spiro atoms. The van der Waals surface area contributed by atoms with Gasteiger partial charge in [-0.15, -0.1) is 0 Å². The maximum absolute atomic E-state index is 12.8. The first-order valence-electron chi connectivity index (χ1n) is 32.6. The predicted octanol–water partition coefficient (Wildman–Crippen LogP) is 22.2. The van der Waals surface area contributed by atoms with Gasteiger partial charge in [0.05, 0.1) is 0 Å². The first-order chi connectivity index (χ1) is 36.5. The van der Waals surface area contributed by atoms with Gasteiger partial charge in [-0.2, -0.15) is 0 Å². The molecular weight excluding hydrogens is 913 g/mol. The maximum atomic E-state index is 12.8. The number of carbonyl (C=O) groups is 3. The highest BCUT2D eigenvalue weighted by molar-refractivity contribution is 5.71. The van der Waals surface area contributed by atoms with E-state index in [0.717, 1.165) is 83.5 Å². The molecule has 6 heteroatoms. The van der Waals surface area contributed by atoms with Crippen LogP contribution in [0.3, 0.4) is 0 Å². The quantitative estimate of drug-likeness (QED) is 0.0261. The van der Waals surface area contributed by atoms with Crippen LogP contribution in [0.4, 0.5) is 0 Å². The molecule has 0 aliphatic heterocycles. The van der Waals surface area contributed by atoms with Crippen LogP contribution in [-0.2, 0) is 28.6 Å². The minimum atomic E-state index is -0.778. The molecule has 0 rings (SSSR count). The van der Waals surface area contributed by atoms with E-state index < -0.39 is 6.10 Å². The van der Waals surface area contributed by atoms with Gasteiger partial charge in [-0.25, -0.2) is 0 Å². The van der Waals surface area contributed by atoms with Gasteiger partial charge in [0.1, 0.15) is 13.2 Å². The van der Waals surface area contributed by atoms with Crippen LogP contribution in [-0.4, -0.2) is 37.2 Å². The number of allylic oxidation sites excluding steroid dienone is 8. The lowest BCUT2D eigenvalue weighted by Gasteiger charge is -2.18. The third-order valence-corrected chi connectivity index (χ3v) is 14.5. The summed E-state index contributed by atoms with van der Waals surface area (Å²) in [6.45, 7) is 6.59. The zero-order valence-electron chi connectivity index (χ0n) is 49.6. The Morgan fingerprint density at radius 3 is 0.811 bits per heavy atom. The van der Waals surface area contributed by atoms with Crippen LogP contribution in [0.25, 0.3) is 0 Å². The van der Waals surface area contributed by atoms with Gasteiger partial charge in [0.15, 0.2) is 6.10 Å². The smallest absolute Gasteiger partial charge is 0.306 e. The average molecular weight is 1040 g/mol. The molecule has 432 valence electrons. The Bertz CT molecular complexity index is 1280. The monoisotopic (exact) mass is 1040 g/mol. The van der Waals surface area contributed by atoms with E-state index in [4.69, 9.17) is 14.2 Å². The summed E-state index contributed by atoms with van der Waals surface area (Å²) in [5.74, 6) is -0.878. The fourth-order valence-corrected chi connectivity index (χ4v) is 9.59. The lowest BCUT2D eigenvalue weighted by Crippen LogP contribution is -2.30. The van der Waals surface area contributed by atoms with Gasteiger partial charge >= 0.3 is 17.9 Å². The largest absolute Gasteiger partial charge is 0.462 e. The number of esters is 3. The van der Waals surface area contributed by atoms with Crippen molar-refractivity contribution in [2.24, 2.45) is 0 Å². The highest BCUT2D eigenvalue weighted by Gasteiger charge is 2.19. The zero-order valence-corrected chi connectivity index (χ0v) is 49.6. The Kier molecular flexibility index (Phi) is 60.7. The van der Waals surface area contributed by atoms with E-state index in [0.29, 0.717) is 19.3 Å². The highest BCUT2D eigenvalue weighted by Crippen LogP contribution is 2.17. The van der Waals surface area contributed by atoms with Crippen LogP contribution >= 0.6 is 0 Å². The molecule has 0 aromatic carbocycles. The van der Waals surface area contributed by atoms with E-state index in [9.17, 15) is 14.4 Å². The molecule has 0 radical (unpaired) electrons. The third kappa shape index (κ3) is 60.2. The van der Waals surface area contributed by atoms with Crippen LogP contribution in [0.1, 0.15) is 348 Å². The van der Waals surface area contributed by atoms with Crippen molar-refractivity contribution in [1.29, 1.82) is 0 Å². The Morgan fingerprint density at radius 2 is 0.514 bits per heavy atom. The lowest BCUT2D eigenvalue weighted by atomic mass is 10.0. The molecule has 0 bridgehead atoms. The van der Waals surface area contributed by atoms with Crippen molar-refractivity contribution in [3.63, 3.8) is 0 Å². The summed E-state index contributed by atoms with van der Waals surface area (Å²) < 4.78 is 16.9. The SMILES string of the molecule is CCC/C=C\CCCCCCCC(=O)OCC(COC(=O)CCCCCCCCCCCCCCCCCCCCC/C=C\C/C=C\CCCCCCC)OC(=O)CCCCCCC/C=C\CCCCCCCC. The maximum Gasteiger partial charge on any atom is 0.306 e. The van der Waals surface area contributed by atoms with Gasteiger partial charge in [0.2, 0.25) is 0 Å². The van der Waals surface area contributed by atoms with Crippen LogP contribution in [0.2, 0.25) is 0 Å². The molecule has 1 unspecified atom stereocenters. The number of hydrogen-bond donors (Lipinski definition) is 0. The second-order valence-electron chi connectivity index (χ2n) is 22.0. The molecular formula is C68H124O6. The molecule has 0 amide bonds. The van der Waals surface area contributed by atoms with Crippen molar-refractivity contribution in [2.45, 2.75) is 354 Å². The second-order valence-corrected chi connectivity index (χ2v) is 22.0. The Morgan fingerprint density at radius 1 is 0.270 bits per heavy atom. The third-order valence-electron chi connectivity index (χ3n) is 14.5. The summed E-state index contributed by atoms with van der Waals surface area (Å²) in [6.07, 6.45) is 78.6. The van der Waals surface area contributed by atoms with Gasteiger partial charge in [-0.3, -0.25) is 14.4 Å². The molecule has 0 saturated carbocycles. The summed E-state index contributed by atoms with van der Waals surface area (Å²) in [5, 5.41) is 0. The molecule has 0 heterocycles. The van der Waals surface area contributed by atoms with E-state index in [-0.39, 0.29) is 31.1 Å². The second kappa shape index (κ2) is 62.9. The fourth-order valence-electron chi connectivity index (χ4n) is 9.59. The van der Waals surface area contributed by atoms with Crippen LogP contribution in [0.15, 0.2) is 48.6 Å². The predicted molar refractivity (Wildman–Crippen MR) is 321 cm³/mol. The standard InChI is InChI=1S/C68H124O6/c1-4-7-10-13-16-19-22-24-26-27-28-29-30-31-32-33-34-35-36-37-38-39-40-41-43-44-46-49-52-55-58-61-67(70)73-64-65(63-72-66(69)60-57-54-51-48-21-18-15-12-9-6-3)74-68(71)62-59-56-53-50-47-45-42-25-23-20-17-14-11-8-5-2/h12,15,22,24-25,27-28,42,65H,4-11,13-14,16-21,23,26,29-41,43-64H2,1-3H3/b15-12-,24-22-,28-27-,42-25-. The molecule has 0 saturated heterocycles. The first-order valence-corrected chi connectivity index (χ1v) is 32.6. The number of carbonyl (C=O) groups excluding carboxylic acids is 3.